The first-order valence-electron chi connectivity index (χ1n) is 9.46. The van der Waals surface area contributed by atoms with E-state index in [0.717, 1.165) is 5.56 Å². The Labute approximate surface area is 153 Å². The Hall–Kier alpha value is -1.70. The molecule has 1 aromatic rings. The predicted octanol–water partition coefficient (Wildman–Crippen LogP) is 1.23. The Balaban J connectivity index is 1.46. The number of aromatic nitrogens is 1. The Kier molecular flexibility index (Phi) is 4.86. The van der Waals surface area contributed by atoms with Gasteiger partial charge in [-0.1, -0.05) is 6.07 Å². The molecular weight excluding hydrogens is 334 g/mol. The third-order valence-corrected chi connectivity index (χ3v) is 5.34. The molecule has 2 aliphatic carbocycles. The van der Waals surface area contributed by atoms with Crippen LogP contribution in [0.1, 0.15) is 55.5 Å². The summed E-state index contributed by atoms with van der Waals surface area (Å²) in [5, 5.41) is 16.4. The van der Waals surface area contributed by atoms with Gasteiger partial charge in [-0.2, -0.15) is 0 Å². The summed E-state index contributed by atoms with van der Waals surface area (Å²) in [5.74, 6) is 1.76. The fourth-order valence-electron chi connectivity index (χ4n) is 3.26. The zero-order valence-electron chi connectivity index (χ0n) is 15.2. The Bertz CT molecular complexity index is 669. The number of rotatable bonds is 9. The van der Waals surface area contributed by atoms with Crippen LogP contribution in [0.25, 0.3) is 0 Å². The highest BCUT2D eigenvalue weighted by Crippen LogP contribution is 2.44. The standard InChI is InChI=1S/C19H27N3O4/c1-20-16(23)8-19(10-25-11-19)22-17(24)15-7-6-14(13-4-5-13)18(21-15)26-9-12-2-3-12/h6-7,12-13,17,22,24H,2-5,8-11H2,1H3,(H,20,23). The smallest absolute Gasteiger partial charge is 0.221 e. The molecule has 0 aromatic carbocycles. The fourth-order valence-corrected chi connectivity index (χ4v) is 3.26. The van der Waals surface area contributed by atoms with Gasteiger partial charge in [-0.3, -0.25) is 10.1 Å². The monoisotopic (exact) mass is 361 g/mol. The molecule has 0 spiro atoms. The minimum absolute atomic E-state index is 0.0847. The summed E-state index contributed by atoms with van der Waals surface area (Å²) in [6.07, 6.45) is 4.09. The molecule has 1 atom stereocenters. The van der Waals surface area contributed by atoms with Gasteiger partial charge in [0.05, 0.1) is 31.1 Å². The molecule has 3 aliphatic rings. The van der Waals surface area contributed by atoms with Crippen molar-refractivity contribution in [1.29, 1.82) is 0 Å². The van der Waals surface area contributed by atoms with Gasteiger partial charge in [0.2, 0.25) is 11.8 Å². The number of carbonyl (C=O) groups is 1. The summed E-state index contributed by atoms with van der Waals surface area (Å²) < 4.78 is 11.2. The van der Waals surface area contributed by atoms with Crippen LogP contribution in [0.4, 0.5) is 0 Å². The molecule has 0 bridgehead atoms. The number of ether oxygens (including phenoxy) is 2. The Morgan fingerprint density at radius 3 is 2.73 bits per heavy atom. The van der Waals surface area contributed by atoms with E-state index in [9.17, 15) is 9.90 Å². The first-order valence-corrected chi connectivity index (χ1v) is 9.46. The molecule has 1 aromatic heterocycles. The summed E-state index contributed by atoms with van der Waals surface area (Å²) in [5.41, 5.74) is 1.11. The second-order valence-corrected chi connectivity index (χ2v) is 7.83. The highest BCUT2D eigenvalue weighted by Gasteiger charge is 2.42. The minimum atomic E-state index is -0.972. The van der Waals surface area contributed by atoms with Crippen LogP contribution in [0.5, 0.6) is 5.88 Å². The second-order valence-electron chi connectivity index (χ2n) is 7.83. The molecule has 142 valence electrons. The van der Waals surface area contributed by atoms with Crippen molar-refractivity contribution in [2.75, 3.05) is 26.9 Å². The summed E-state index contributed by atoms with van der Waals surface area (Å²) in [6.45, 7) is 1.49. The summed E-state index contributed by atoms with van der Waals surface area (Å²) in [6, 6.07) is 3.87. The van der Waals surface area contributed by atoms with Crippen LogP contribution in [-0.2, 0) is 9.53 Å². The average Bonchev–Trinajstić information content (AvgIpc) is 3.50. The van der Waals surface area contributed by atoms with Crippen molar-refractivity contribution in [2.24, 2.45) is 5.92 Å². The zero-order valence-corrected chi connectivity index (χ0v) is 15.2. The number of hydrogen-bond acceptors (Lipinski definition) is 6. The number of pyridine rings is 1. The molecule has 1 unspecified atom stereocenters. The van der Waals surface area contributed by atoms with E-state index < -0.39 is 11.8 Å². The SMILES string of the molecule is CNC(=O)CC1(NC(O)c2ccc(C3CC3)c(OCC3CC3)n2)COC1. The van der Waals surface area contributed by atoms with E-state index in [1.165, 1.54) is 25.7 Å². The van der Waals surface area contributed by atoms with Crippen molar-refractivity contribution < 1.29 is 19.4 Å². The molecule has 26 heavy (non-hydrogen) atoms. The lowest BCUT2D eigenvalue weighted by Crippen LogP contribution is -2.63. The van der Waals surface area contributed by atoms with Crippen molar-refractivity contribution in [1.82, 2.24) is 15.6 Å². The van der Waals surface area contributed by atoms with Crippen LogP contribution in [-0.4, -0.2) is 48.4 Å². The number of nitrogens with one attached hydrogen (secondary N) is 2. The van der Waals surface area contributed by atoms with Crippen LogP contribution in [0.2, 0.25) is 0 Å². The molecule has 2 saturated carbocycles. The number of amides is 1. The molecule has 4 rings (SSSR count). The highest BCUT2D eigenvalue weighted by atomic mass is 16.5. The van der Waals surface area contributed by atoms with Gasteiger partial charge < -0.3 is 19.9 Å². The van der Waals surface area contributed by atoms with Crippen LogP contribution >= 0.6 is 0 Å². The number of carbonyl (C=O) groups excluding carboxylic acids is 1. The second kappa shape index (κ2) is 7.13. The van der Waals surface area contributed by atoms with Crippen molar-refractivity contribution in [3.8, 4) is 5.88 Å². The van der Waals surface area contributed by atoms with Gasteiger partial charge in [-0.15, -0.1) is 0 Å². The first kappa shape index (κ1) is 17.7. The lowest BCUT2D eigenvalue weighted by molar-refractivity contribution is -0.135. The molecule has 7 nitrogen and oxygen atoms in total. The normalized spacial score (nSPS) is 22.4. The highest BCUT2D eigenvalue weighted by molar-refractivity contribution is 5.77. The number of hydrogen-bond donors (Lipinski definition) is 3. The first-order chi connectivity index (χ1) is 12.6. The van der Waals surface area contributed by atoms with Gasteiger partial charge in [-0.25, -0.2) is 4.98 Å². The number of aliphatic hydroxyl groups excluding tert-OH is 1. The third kappa shape index (κ3) is 4.00. The quantitative estimate of drug-likeness (QED) is 0.573. The van der Waals surface area contributed by atoms with Gasteiger partial charge in [0.15, 0.2) is 0 Å². The molecule has 3 fully saturated rings. The van der Waals surface area contributed by atoms with Gasteiger partial charge >= 0.3 is 0 Å². The van der Waals surface area contributed by atoms with Crippen LogP contribution in [0, 0.1) is 5.92 Å². The lowest BCUT2D eigenvalue weighted by atomic mass is 9.92. The van der Waals surface area contributed by atoms with Gasteiger partial charge in [0.1, 0.15) is 6.23 Å². The maximum absolute atomic E-state index is 11.7. The molecule has 3 N–H and O–H groups in total. The number of nitrogens with zero attached hydrogens (tertiary/aromatic N) is 1. The maximum Gasteiger partial charge on any atom is 0.221 e. The van der Waals surface area contributed by atoms with E-state index in [0.29, 0.717) is 43.2 Å². The van der Waals surface area contributed by atoms with Crippen LogP contribution < -0.4 is 15.4 Å². The Morgan fingerprint density at radius 1 is 1.38 bits per heavy atom. The third-order valence-electron chi connectivity index (χ3n) is 5.34. The minimum Gasteiger partial charge on any atom is -0.477 e. The average molecular weight is 361 g/mol. The van der Waals surface area contributed by atoms with E-state index in [1.807, 2.05) is 12.1 Å². The van der Waals surface area contributed by atoms with Gasteiger partial charge in [0.25, 0.3) is 0 Å². The molecule has 7 heteroatoms. The van der Waals surface area contributed by atoms with Crippen molar-refractivity contribution >= 4 is 5.91 Å². The predicted molar refractivity (Wildman–Crippen MR) is 94.8 cm³/mol. The van der Waals surface area contributed by atoms with Crippen molar-refractivity contribution in [3.63, 3.8) is 0 Å². The molecule has 1 saturated heterocycles. The van der Waals surface area contributed by atoms with E-state index in [-0.39, 0.29) is 12.3 Å². The zero-order chi connectivity index (χ0) is 18.1. The summed E-state index contributed by atoms with van der Waals surface area (Å²) in [4.78, 5) is 16.3. The van der Waals surface area contributed by atoms with E-state index in [2.05, 4.69) is 15.6 Å². The molecule has 1 aliphatic heterocycles. The fraction of sp³-hybridized carbons (Fsp3) is 0.684. The van der Waals surface area contributed by atoms with Crippen molar-refractivity contribution in [3.05, 3.63) is 23.4 Å². The van der Waals surface area contributed by atoms with E-state index in [1.54, 1.807) is 7.05 Å². The molecular formula is C19H27N3O4. The maximum atomic E-state index is 11.7. The van der Waals surface area contributed by atoms with Crippen molar-refractivity contribution in [2.45, 2.75) is 49.8 Å². The topological polar surface area (TPSA) is 92.7 Å². The number of aliphatic hydroxyl groups is 1. The molecule has 1 amide bonds. The summed E-state index contributed by atoms with van der Waals surface area (Å²) in [7, 11) is 1.60. The van der Waals surface area contributed by atoms with Gasteiger partial charge in [0, 0.05) is 19.0 Å². The van der Waals surface area contributed by atoms with Crippen LogP contribution in [0.15, 0.2) is 12.1 Å². The van der Waals surface area contributed by atoms with E-state index >= 15 is 0 Å². The Morgan fingerprint density at radius 2 is 2.15 bits per heavy atom. The summed E-state index contributed by atoms with van der Waals surface area (Å²) >= 11 is 0. The lowest BCUT2D eigenvalue weighted by Gasteiger charge is -2.43. The molecule has 0 radical (unpaired) electrons. The molecule has 2 heterocycles. The largest absolute Gasteiger partial charge is 0.477 e. The van der Waals surface area contributed by atoms with Gasteiger partial charge in [-0.05, 0) is 43.6 Å². The van der Waals surface area contributed by atoms with Crippen LogP contribution in [0.3, 0.4) is 0 Å². The van der Waals surface area contributed by atoms with E-state index in [4.69, 9.17) is 9.47 Å².